The number of ether oxygens (including phenoxy) is 1. The van der Waals surface area contributed by atoms with Crippen molar-refractivity contribution in [3.63, 3.8) is 0 Å². The molecule has 0 N–H and O–H groups in total. The molecule has 2 amide bonds. The number of amides is 2. The van der Waals surface area contributed by atoms with Gasteiger partial charge in [-0.25, -0.2) is 4.68 Å². The van der Waals surface area contributed by atoms with Crippen molar-refractivity contribution >= 4 is 11.8 Å². The van der Waals surface area contributed by atoms with Crippen molar-refractivity contribution in [3.8, 4) is 0 Å². The lowest BCUT2D eigenvalue weighted by Crippen LogP contribution is -2.51. The molecule has 1 aliphatic rings. The third kappa shape index (κ3) is 5.10. The Hall–Kier alpha value is -3.21. The van der Waals surface area contributed by atoms with E-state index in [4.69, 9.17) is 4.74 Å². The summed E-state index contributed by atoms with van der Waals surface area (Å²) in [5.41, 5.74) is -1.70. The Balaban J connectivity index is 1.68. The number of hydrogen-bond donors (Lipinski definition) is 0. The van der Waals surface area contributed by atoms with E-state index in [2.05, 4.69) is 5.10 Å². The van der Waals surface area contributed by atoms with Crippen LogP contribution in [0.3, 0.4) is 0 Å². The topological polar surface area (TPSA) is 84.7 Å². The summed E-state index contributed by atoms with van der Waals surface area (Å²) < 4.78 is 45.7. The molecule has 0 spiro atoms. The summed E-state index contributed by atoms with van der Waals surface area (Å²) >= 11 is 0. The van der Waals surface area contributed by atoms with Crippen molar-refractivity contribution in [3.05, 3.63) is 63.6 Å². The first kappa shape index (κ1) is 22.5. The second-order valence-corrected chi connectivity index (χ2v) is 6.90. The molecule has 2 aromatic rings. The summed E-state index contributed by atoms with van der Waals surface area (Å²) in [6.07, 6.45) is -4.64. The number of hydrogen-bond acceptors (Lipinski definition) is 5. The lowest BCUT2D eigenvalue weighted by atomic mass is 10.1. The molecule has 1 aliphatic heterocycles. The highest BCUT2D eigenvalue weighted by atomic mass is 19.4. The van der Waals surface area contributed by atoms with E-state index in [-0.39, 0.29) is 50.6 Å². The smallest absolute Gasteiger partial charge is 0.383 e. The third-order valence-corrected chi connectivity index (χ3v) is 4.91. The lowest BCUT2D eigenvalue weighted by molar-refractivity contribution is -0.138. The van der Waals surface area contributed by atoms with Gasteiger partial charge in [-0.3, -0.25) is 14.4 Å². The third-order valence-electron chi connectivity index (χ3n) is 4.91. The maximum atomic E-state index is 13.2. The second-order valence-electron chi connectivity index (χ2n) is 6.90. The zero-order chi connectivity index (χ0) is 22.6. The van der Waals surface area contributed by atoms with Crippen molar-refractivity contribution in [2.24, 2.45) is 0 Å². The van der Waals surface area contributed by atoms with Crippen molar-refractivity contribution in [1.29, 1.82) is 0 Å². The van der Waals surface area contributed by atoms with Gasteiger partial charge in [0.15, 0.2) is 0 Å². The van der Waals surface area contributed by atoms with Gasteiger partial charge in [-0.15, -0.1) is 0 Å². The Bertz CT molecular complexity index is 1010. The van der Waals surface area contributed by atoms with Crippen LogP contribution in [0.5, 0.6) is 0 Å². The highest BCUT2D eigenvalue weighted by molar-refractivity contribution is 5.96. The number of nitrogens with zero attached hydrogens (tertiary/aromatic N) is 4. The van der Waals surface area contributed by atoms with Crippen LogP contribution in [0.2, 0.25) is 0 Å². The molecule has 1 saturated heterocycles. The van der Waals surface area contributed by atoms with Crippen LogP contribution in [0.25, 0.3) is 0 Å². The van der Waals surface area contributed by atoms with Crippen LogP contribution in [0, 0.1) is 0 Å². The molecule has 1 fully saturated rings. The Kier molecular flexibility index (Phi) is 6.74. The number of rotatable bonds is 5. The Morgan fingerprint density at radius 1 is 1.00 bits per heavy atom. The predicted octanol–water partition coefficient (Wildman–Crippen LogP) is 1.51. The van der Waals surface area contributed by atoms with Crippen molar-refractivity contribution in [2.45, 2.75) is 12.7 Å². The zero-order valence-electron chi connectivity index (χ0n) is 16.8. The molecule has 1 aromatic carbocycles. The Labute approximate surface area is 175 Å². The Morgan fingerprint density at radius 3 is 2.23 bits per heavy atom. The van der Waals surface area contributed by atoms with Gasteiger partial charge in [0, 0.05) is 39.4 Å². The minimum atomic E-state index is -4.64. The van der Waals surface area contributed by atoms with Crippen LogP contribution in [0.1, 0.15) is 26.4 Å². The largest absolute Gasteiger partial charge is 0.417 e. The highest BCUT2D eigenvalue weighted by Crippen LogP contribution is 2.32. The van der Waals surface area contributed by atoms with E-state index >= 15 is 0 Å². The van der Waals surface area contributed by atoms with Gasteiger partial charge in [0.25, 0.3) is 17.4 Å². The summed E-state index contributed by atoms with van der Waals surface area (Å²) in [5.74, 6) is -1.15. The first-order valence-corrected chi connectivity index (χ1v) is 9.54. The fourth-order valence-corrected chi connectivity index (χ4v) is 3.26. The predicted molar refractivity (Wildman–Crippen MR) is 104 cm³/mol. The fourth-order valence-electron chi connectivity index (χ4n) is 3.26. The number of carbonyl (C=O) groups is 2. The van der Waals surface area contributed by atoms with E-state index in [0.717, 1.165) is 16.8 Å². The minimum absolute atomic E-state index is 0.0675. The van der Waals surface area contributed by atoms with Gasteiger partial charge in [0.05, 0.1) is 24.3 Å². The van der Waals surface area contributed by atoms with Gasteiger partial charge < -0.3 is 14.5 Å². The summed E-state index contributed by atoms with van der Waals surface area (Å²) in [4.78, 5) is 40.0. The minimum Gasteiger partial charge on any atom is -0.383 e. The molecule has 1 aromatic heterocycles. The molecule has 0 unspecified atom stereocenters. The van der Waals surface area contributed by atoms with E-state index in [1.54, 1.807) is 0 Å². The van der Waals surface area contributed by atoms with Crippen molar-refractivity contribution < 1.29 is 27.5 Å². The maximum Gasteiger partial charge on any atom is 0.417 e. The summed E-state index contributed by atoms with van der Waals surface area (Å²) in [6, 6.07) is 7.20. The van der Waals surface area contributed by atoms with Gasteiger partial charge in [-0.1, -0.05) is 12.1 Å². The number of methoxy groups -OCH3 is 1. The summed E-state index contributed by atoms with van der Waals surface area (Å²) in [7, 11) is 1.48. The fraction of sp³-hybridized carbons (Fsp3) is 0.400. The van der Waals surface area contributed by atoms with Gasteiger partial charge in [-0.2, -0.15) is 18.3 Å². The first-order chi connectivity index (χ1) is 14.7. The molecule has 11 heteroatoms. The number of carbonyl (C=O) groups excluding carboxylic acids is 2. The molecule has 0 aliphatic carbocycles. The molecule has 166 valence electrons. The maximum absolute atomic E-state index is 13.2. The SMILES string of the molecule is COCCn1nc(C(=O)N2CCN(C(=O)c3ccccc3C(F)(F)F)CC2)ccc1=O. The molecule has 0 saturated carbocycles. The van der Waals surface area contributed by atoms with Crippen LogP contribution in [-0.4, -0.2) is 71.3 Å². The average molecular weight is 438 g/mol. The number of halogens is 3. The zero-order valence-corrected chi connectivity index (χ0v) is 16.8. The molecule has 0 radical (unpaired) electrons. The molecule has 3 rings (SSSR count). The van der Waals surface area contributed by atoms with E-state index in [9.17, 15) is 27.6 Å². The van der Waals surface area contributed by atoms with Crippen LogP contribution in [-0.2, 0) is 17.5 Å². The average Bonchev–Trinajstić information content (AvgIpc) is 2.77. The van der Waals surface area contributed by atoms with Crippen molar-refractivity contribution in [2.75, 3.05) is 39.9 Å². The quantitative estimate of drug-likeness (QED) is 0.707. The van der Waals surface area contributed by atoms with Crippen LogP contribution < -0.4 is 5.56 Å². The number of alkyl halides is 3. The normalized spacial score (nSPS) is 14.6. The van der Waals surface area contributed by atoms with E-state index < -0.39 is 29.1 Å². The van der Waals surface area contributed by atoms with Gasteiger partial charge >= 0.3 is 6.18 Å². The molecule has 0 atom stereocenters. The standard InChI is InChI=1S/C20H21F3N4O4/c1-31-13-12-27-17(28)7-6-16(24-27)19(30)26-10-8-25(9-11-26)18(29)14-4-2-3-5-15(14)20(21,22)23/h2-7H,8-13H2,1H3. The monoisotopic (exact) mass is 438 g/mol. The number of aromatic nitrogens is 2. The molecule has 0 bridgehead atoms. The number of benzene rings is 1. The van der Waals surface area contributed by atoms with Gasteiger partial charge in [0.2, 0.25) is 0 Å². The van der Waals surface area contributed by atoms with Gasteiger partial charge in [-0.05, 0) is 18.2 Å². The van der Waals surface area contributed by atoms with E-state index in [1.807, 2.05) is 0 Å². The van der Waals surface area contributed by atoms with E-state index in [1.165, 1.54) is 41.2 Å². The molecular weight excluding hydrogens is 417 g/mol. The highest BCUT2D eigenvalue weighted by Gasteiger charge is 2.36. The van der Waals surface area contributed by atoms with Crippen molar-refractivity contribution in [1.82, 2.24) is 19.6 Å². The van der Waals surface area contributed by atoms with Crippen LogP contribution in [0.4, 0.5) is 13.2 Å². The molecule has 2 heterocycles. The Morgan fingerprint density at radius 2 is 1.61 bits per heavy atom. The molecular formula is C20H21F3N4O4. The van der Waals surface area contributed by atoms with Crippen LogP contribution >= 0.6 is 0 Å². The summed E-state index contributed by atoms with van der Waals surface area (Å²) in [6.45, 7) is 0.886. The van der Waals surface area contributed by atoms with E-state index in [0.29, 0.717) is 0 Å². The van der Waals surface area contributed by atoms with Crippen LogP contribution in [0.15, 0.2) is 41.2 Å². The second kappa shape index (κ2) is 9.29. The van der Waals surface area contributed by atoms with Gasteiger partial charge in [0.1, 0.15) is 5.69 Å². The lowest BCUT2D eigenvalue weighted by Gasteiger charge is -2.35. The first-order valence-electron chi connectivity index (χ1n) is 9.54. The number of piperazine rings is 1. The summed E-state index contributed by atoms with van der Waals surface area (Å²) in [5, 5.41) is 4.05. The molecule has 8 nitrogen and oxygen atoms in total. The molecule has 31 heavy (non-hydrogen) atoms.